The molecule has 0 fully saturated rings. The number of nitrogens with one attached hydrogen (secondary N) is 1. The number of carboxylic acids is 1. The normalized spacial score (nSPS) is 10.7. The van der Waals surface area contributed by atoms with Crippen LogP contribution in [-0.2, 0) is 27.4 Å². The number of hydrogen-bond donors (Lipinski definition) is 2. The molecule has 3 aromatic carbocycles. The summed E-state index contributed by atoms with van der Waals surface area (Å²) < 4.78 is 26.7. The third-order valence-corrected chi connectivity index (χ3v) is 6.10. The monoisotopic (exact) mass is 607 g/mol. The van der Waals surface area contributed by atoms with E-state index < -0.39 is 12.1 Å². The fourth-order valence-corrected chi connectivity index (χ4v) is 3.93. The lowest BCUT2D eigenvalue weighted by atomic mass is 10.1. The Kier molecular flexibility index (Phi) is 11.7. The number of carbonyl (C=O) groups excluding carboxylic acids is 1. The first-order valence-corrected chi connectivity index (χ1v) is 13.6. The van der Waals surface area contributed by atoms with Crippen molar-refractivity contribution in [3.8, 4) is 22.9 Å². The minimum atomic E-state index is -1.24. The van der Waals surface area contributed by atoms with Gasteiger partial charge in [-0.3, -0.25) is 5.32 Å². The fourth-order valence-electron chi connectivity index (χ4n) is 3.72. The third-order valence-electron chi connectivity index (χ3n) is 5.87. The lowest BCUT2D eigenvalue weighted by Crippen LogP contribution is -2.19. The molecular formula is C31H30ClN3O8. The van der Waals surface area contributed by atoms with Gasteiger partial charge in [0.1, 0.15) is 31.3 Å². The highest BCUT2D eigenvalue weighted by Gasteiger charge is 2.15. The standard InChI is InChI=1S/C31H30ClN3O8/c1-39-11-12-40-13-14-41-31(38)35-28-10-9-26(16-27(28)30(36)37)43-20-22-17-33-29(34-18-22)23-5-7-25(8-6-23)42-19-21-3-2-4-24(32)15-21/h2-10,15-18H,11-14,19-20H2,1H3,(H,35,38)(H,36,37). The number of hydrogen-bond acceptors (Lipinski definition) is 9. The number of nitrogens with zero attached hydrogens (tertiary/aromatic N) is 2. The number of carboxylic acid groups (broad SMARTS) is 1. The predicted octanol–water partition coefficient (Wildman–Crippen LogP) is 5.86. The maximum absolute atomic E-state index is 12.0. The van der Waals surface area contributed by atoms with Crippen LogP contribution in [0.2, 0.25) is 5.02 Å². The lowest BCUT2D eigenvalue weighted by molar-refractivity contribution is 0.0447. The van der Waals surface area contributed by atoms with Gasteiger partial charge in [0.2, 0.25) is 0 Å². The van der Waals surface area contributed by atoms with Crippen LogP contribution in [0.3, 0.4) is 0 Å². The van der Waals surface area contributed by atoms with E-state index >= 15 is 0 Å². The Hall–Kier alpha value is -4.71. The zero-order valence-corrected chi connectivity index (χ0v) is 24.1. The van der Waals surface area contributed by atoms with Crippen molar-refractivity contribution in [2.75, 3.05) is 38.9 Å². The summed E-state index contributed by atoms with van der Waals surface area (Å²) in [7, 11) is 1.55. The number of aromatic nitrogens is 2. The Morgan fingerprint density at radius 3 is 2.26 bits per heavy atom. The second-order valence-corrected chi connectivity index (χ2v) is 9.46. The van der Waals surface area contributed by atoms with Crippen LogP contribution in [0.5, 0.6) is 11.5 Å². The number of benzene rings is 3. The Balaban J connectivity index is 1.27. The van der Waals surface area contributed by atoms with Crippen molar-refractivity contribution in [3.63, 3.8) is 0 Å². The summed E-state index contributed by atoms with van der Waals surface area (Å²) in [6, 6.07) is 19.2. The van der Waals surface area contributed by atoms with Gasteiger partial charge >= 0.3 is 12.1 Å². The summed E-state index contributed by atoms with van der Waals surface area (Å²) in [5.41, 5.74) is 2.38. The van der Waals surface area contributed by atoms with Crippen molar-refractivity contribution in [2.24, 2.45) is 0 Å². The molecule has 0 radical (unpaired) electrons. The quantitative estimate of drug-likeness (QED) is 0.158. The molecule has 0 saturated heterocycles. The van der Waals surface area contributed by atoms with E-state index in [1.165, 1.54) is 12.1 Å². The minimum Gasteiger partial charge on any atom is -0.489 e. The van der Waals surface area contributed by atoms with E-state index in [4.69, 9.17) is 35.3 Å². The fraction of sp³-hybridized carbons (Fsp3) is 0.226. The maximum Gasteiger partial charge on any atom is 0.411 e. The van der Waals surface area contributed by atoms with Gasteiger partial charge in [-0.05, 0) is 60.2 Å². The number of ether oxygens (including phenoxy) is 5. The number of amides is 1. The molecule has 0 unspecified atom stereocenters. The van der Waals surface area contributed by atoms with E-state index in [1.807, 2.05) is 48.5 Å². The topological polar surface area (TPSA) is 138 Å². The van der Waals surface area contributed by atoms with Gasteiger partial charge in [0.25, 0.3) is 0 Å². The van der Waals surface area contributed by atoms with E-state index in [9.17, 15) is 14.7 Å². The molecule has 4 rings (SSSR count). The van der Waals surface area contributed by atoms with E-state index in [1.54, 1.807) is 25.6 Å². The lowest BCUT2D eigenvalue weighted by Gasteiger charge is -2.12. The molecule has 4 aromatic rings. The average Bonchev–Trinajstić information content (AvgIpc) is 3.01. The third kappa shape index (κ3) is 9.96. The molecule has 0 bridgehead atoms. The average molecular weight is 608 g/mol. The molecule has 1 amide bonds. The molecule has 0 atom stereocenters. The zero-order chi connectivity index (χ0) is 30.4. The number of rotatable bonds is 15. The molecule has 0 spiro atoms. The Bertz CT molecular complexity index is 1500. The second-order valence-electron chi connectivity index (χ2n) is 9.03. The van der Waals surface area contributed by atoms with Gasteiger partial charge in [-0.1, -0.05) is 23.7 Å². The highest BCUT2D eigenvalue weighted by Crippen LogP contribution is 2.24. The Morgan fingerprint density at radius 2 is 1.53 bits per heavy atom. The first-order valence-electron chi connectivity index (χ1n) is 13.2. The second kappa shape index (κ2) is 16.1. The van der Waals surface area contributed by atoms with Gasteiger partial charge in [0, 0.05) is 35.7 Å². The molecule has 0 aliphatic rings. The summed E-state index contributed by atoms with van der Waals surface area (Å²) in [5, 5.41) is 12.7. The summed E-state index contributed by atoms with van der Waals surface area (Å²) >= 11 is 6.02. The van der Waals surface area contributed by atoms with Crippen molar-refractivity contribution >= 4 is 29.4 Å². The summed E-state index contributed by atoms with van der Waals surface area (Å²) in [4.78, 5) is 32.7. The van der Waals surface area contributed by atoms with Crippen molar-refractivity contribution < 1.29 is 38.4 Å². The van der Waals surface area contributed by atoms with E-state index in [0.29, 0.717) is 47.7 Å². The summed E-state index contributed by atoms with van der Waals surface area (Å²) in [6.45, 7) is 1.50. The molecule has 0 aliphatic heterocycles. The molecule has 224 valence electrons. The van der Waals surface area contributed by atoms with Crippen LogP contribution in [0.25, 0.3) is 11.4 Å². The molecule has 1 heterocycles. The molecule has 11 nitrogen and oxygen atoms in total. The minimum absolute atomic E-state index is 0.00452. The smallest absolute Gasteiger partial charge is 0.411 e. The highest BCUT2D eigenvalue weighted by atomic mass is 35.5. The molecule has 0 aliphatic carbocycles. The molecule has 2 N–H and O–H groups in total. The molecule has 1 aromatic heterocycles. The van der Waals surface area contributed by atoms with Crippen LogP contribution in [0.15, 0.2) is 79.1 Å². The van der Waals surface area contributed by atoms with Crippen molar-refractivity contribution in [2.45, 2.75) is 13.2 Å². The van der Waals surface area contributed by atoms with Gasteiger partial charge in [0.15, 0.2) is 5.82 Å². The summed E-state index contributed by atoms with van der Waals surface area (Å²) in [6.07, 6.45) is 2.47. The first-order chi connectivity index (χ1) is 20.9. The molecule has 43 heavy (non-hydrogen) atoms. The van der Waals surface area contributed by atoms with Gasteiger partial charge in [-0.15, -0.1) is 0 Å². The van der Waals surface area contributed by atoms with Crippen LogP contribution in [0, 0.1) is 0 Å². The van der Waals surface area contributed by atoms with Gasteiger partial charge in [0.05, 0.1) is 31.1 Å². The van der Waals surface area contributed by atoms with E-state index in [0.717, 1.165) is 11.1 Å². The number of carbonyl (C=O) groups is 2. The van der Waals surface area contributed by atoms with Gasteiger partial charge in [-0.2, -0.15) is 0 Å². The van der Waals surface area contributed by atoms with Crippen molar-refractivity contribution in [3.05, 3.63) is 101 Å². The SMILES string of the molecule is COCCOCCOC(=O)Nc1ccc(OCc2cnc(-c3ccc(OCc4cccc(Cl)c4)cc3)nc2)cc1C(=O)O. The highest BCUT2D eigenvalue weighted by molar-refractivity contribution is 6.30. The maximum atomic E-state index is 12.0. The number of methoxy groups -OCH3 is 1. The largest absolute Gasteiger partial charge is 0.489 e. The van der Waals surface area contributed by atoms with Gasteiger partial charge in [-0.25, -0.2) is 19.6 Å². The summed E-state index contributed by atoms with van der Waals surface area (Å²) in [5.74, 6) is 0.288. The van der Waals surface area contributed by atoms with Crippen molar-refractivity contribution in [1.82, 2.24) is 9.97 Å². The molecule has 0 saturated carbocycles. The van der Waals surface area contributed by atoms with Gasteiger partial charge < -0.3 is 28.8 Å². The first kappa shape index (κ1) is 31.2. The number of aromatic carboxylic acids is 1. The Labute approximate surface area is 253 Å². The molecule has 12 heteroatoms. The van der Waals surface area contributed by atoms with E-state index in [2.05, 4.69) is 15.3 Å². The number of anilines is 1. The van der Waals surface area contributed by atoms with Crippen LogP contribution in [0.4, 0.5) is 10.5 Å². The van der Waals surface area contributed by atoms with Crippen LogP contribution < -0.4 is 14.8 Å². The van der Waals surface area contributed by atoms with Crippen LogP contribution in [-0.4, -0.2) is 60.7 Å². The predicted molar refractivity (Wildman–Crippen MR) is 159 cm³/mol. The molecular weight excluding hydrogens is 578 g/mol. The van der Waals surface area contributed by atoms with Crippen LogP contribution in [0.1, 0.15) is 21.5 Å². The Morgan fingerprint density at radius 1 is 0.837 bits per heavy atom. The van der Waals surface area contributed by atoms with E-state index in [-0.39, 0.29) is 31.1 Å². The number of halogens is 1. The zero-order valence-electron chi connectivity index (χ0n) is 23.3. The van der Waals surface area contributed by atoms with Crippen molar-refractivity contribution in [1.29, 1.82) is 0 Å². The van der Waals surface area contributed by atoms with Crippen LogP contribution >= 0.6 is 11.6 Å².